The molecule has 5 nitrogen and oxygen atoms in total. The minimum absolute atomic E-state index is 0.400. The zero-order valence-electron chi connectivity index (χ0n) is 12.3. The first-order valence-corrected chi connectivity index (χ1v) is 8.71. The number of halogens is 2. The van der Waals surface area contributed by atoms with Gasteiger partial charge in [-0.1, -0.05) is 34.5 Å². The van der Waals surface area contributed by atoms with Gasteiger partial charge in [-0.05, 0) is 30.7 Å². The lowest BCUT2D eigenvalue weighted by Crippen LogP contribution is -2.48. The van der Waals surface area contributed by atoms with E-state index in [0.717, 1.165) is 28.8 Å². The zero-order chi connectivity index (χ0) is 16.0. The Labute approximate surface area is 147 Å². The standard InChI is InChI=1S/C15H13Cl2N5S/c1-9-5-18-22(6-9)13-7-21(8-13)15-20-19-14(23-15)10-2-11(16)4-12(17)3-10/h2-6,13H,7-8H2,1H3. The van der Waals surface area contributed by atoms with Crippen molar-refractivity contribution in [2.45, 2.75) is 13.0 Å². The van der Waals surface area contributed by atoms with E-state index in [9.17, 15) is 0 Å². The Morgan fingerprint density at radius 1 is 1.13 bits per heavy atom. The van der Waals surface area contributed by atoms with Crippen LogP contribution in [-0.4, -0.2) is 33.1 Å². The molecule has 2 aromatic heterocycles. The van der Waals surface area contributed by atoms with Gasteiger partial charge in [0.15, 0.2) is 0 Å². The third-order valence-electron chi connectivity index (χ3n) is 3.76. The minimum atomic E-state index is 0.400. The first kappa shape index (κ1) is 14.9. The predicted molar refractivity (Wildman–Crippen MR) is 93.6 cm³/mol. The molecule has 0 bridgehead atoms. The molecule has 0 spiro atoms. The summed E-state index contributed by atoms with van der Waals surface area (Å²) in [6.07, 6.45) is 3.95. The molecule has 4 rings (SSSR count). The molecule has 0 unspecified atom stereocenters. The highest BCUT2D eigenvalue weighted by Gasteiger charge is 2.31. The van der Waals surface area contributed by atoms with Gasteiger partial charge in [-0.25, -0.2) is 0 Å². The van der Waals surface area contributed by atoms with E-state index >= 15 is 0 Å². The van der Waals surface area contributed by atoms with E-state index in [-0.39, 0.29) is 0 Å². The number of rotatable bonds is 3. The van der Waals surface area contributed by atoms with Gasteiger partial charge in [-0.2, -0.15) is 5.10 Å². The summed E-state index contributed by atoms with van der Waals surface area (Å²) in [4.78, 5) is 2.20. The monoisotopic (exact) mass is 365 g/mol. The number of hydrogen-bond acceptors (Lipinski definition) is 5. The molecular weight excluding hydrogens is 353 g/mol. The van der Waals surface area contributed by atoms with Gasteiger partial charge in [0.05, 0.1) is 12.2 Å². The molecule has 1 fully saturated rings. The van der Waals surface area contributed by atoms with Gasteiger partial charge in [-0.3, -0.25) is 4.68 Å². The van der Waals surface area contributed by atoms with E-state index in [4.69, 9.17) is 23.2 Å². The molecule has 0 atom stereocenters. The maximum absolute atomic E-state index is 6.05. The molecule has 0 N–H and O–H groups in total. The molecular formula is C15H13Cl2N5S. The summed E-state index contributed by atoms with van der Waals surface area (Å²) >= 11 is 13.6. The molecule has 1 aromatic carbocycles. The van der Waals surface area contributed by atoms with E-state index in [1.807, 2.05) is 29.9 Å². The number of aryl methyl sites for hydroxylation is 1. The van der Waals surface area contributed by atoms with Crippen molar-refractivity contribution in [1.29, 1.82) is 0 Å². The maximum Gasteiger partial charge on any atom is 0.208 e. The number of nitrogens with zero attached hydrogens (tertiary/aromatic N) is 5. The lowest BCUT2D eigenvalue weighted by atomic mass is 10.1. The number of aromatic nitrogens is 4. The van der Waals surface area contributed by atoms with E-state index in [0.29, 0.717) is 16.1 Å². The van der Waals surface area contributed by atoms with Gasteiger partial charge in [0, 0.05) is 34.9 Å². The second-order valence-corrected chi connectivity index (χ2v) is 7.43. The second-order valence-electron chi connectivity index (χ2n) is 5.60. The minimum Gasteiger partial charge on any atom is -0.342 e. The largest absolute Gasteiger partial charge is 0.342 e. The van der Waals surface area contributed by atoms with Crippen LogP contribution in [0.15, 0.2) is 30.6 Å². The Morgan fingerprint density at radius 3 is 2.52 bits per heavy atom. The Balaban J connectivity index is 1.49. The Bertz CT molecular complexity index is 833. The quantitative estimate of drug-likeness (QED) is 0.701. The van der Waals surface area contributed by atoms with Crippen LogP contribution in [0, 0.1) is 6.92 Å². The maximum atomic E-state index is 6.05. The van der Waals surface area contributed by atoms with Crippen LogP contribution in [0.2, 0.25) is 10.0 Å². The van der Waals surface area contributed by atoms with E-state index in [1.54, 1.807) is 17.4 Å². The van der Waals surface area contributed by atoms with Gasteiger partial charge in [0.2, 0.25) is 5.13 Å². The van der Waals surface area contributed by atoms with Crippen molar-refractivity contribution in [3.63, 3.8) is 0 Å². The molecule has 0 amide bonds. The van der Waals surface area contributed by atoms with Crippen LogP contribution in [0.3, 0.4) is 0 Å². The van der Waals surface area contributed by atoms with Crippen LogP contribution >= 0.6 is 34.5 Å². The van der Waals surface area contributed by atoms with Crippen molar-refractivity contribution in [2.75, 3.05) is 18.0 Å². The highest BCUT2D eigenvalue weighted by Crippen LogP contribution is 2.35. The predicted octanol–water partition coefficient (Wildman–Crippen LogP) is 4.08. The molecule has 1 aliphatic heterocycles. The van der Waals surface area contributed by atoms with E-state index < -0.39 is 0 Å². The van der Waals surface area contributed by atoms with Crippen LogP contribution in [0.4, 0.5) is 5.13 Å². The van der Waals surface area contributed by atoms with Crippen molar-refractivity contribution in [2.24, 2.45) is 0 Å². The summed E-state index contributed by atoms with van der Waals surface area (Å²) < 4.78 is 2.02. The summed E-state index contributed by atoms with van der Waals surface area (Å²) in [6, 6.07) is 5.81. The van der Waals surface area contributed by atoms with Crippen molar-refractivity contribution in [1.82, 2.24) is 20.0 Å². The Hall–Kier alpha value is -1.63. The van der Waals surface area contributed by atoms with Crippen molar-refractivity contribution in [3.05, 3.63) is 46.2 Å². The number of anilines is 1. The number of benzene rings is 1. The fraction of sp³-hybridized carbons (Fsp3) is 0.267. The molecule has 1 saturated heterocycles. The highest BCUT2D eigenvalue weighted by molar-refractivity contribution is 7.18. The summed E-state index contributed by atoms with van der Waals surface area (Å²) in [5.74, 6) is 0. The molecule has 1 aliphatic rings. The average molecular weight is 366 g/mol. The smallest absolute Gasteiger partial charge is 0.208 e. The second kappa shape index (κ2) is 5.78. The fourth-order valence-corrected chi connectivity index (χ4v) is 3.92. The molecule has 0 aliphatic carbocycles. The average Bonchev–Trinajstić information content (AvgIpc) is 3.06. The first-order chi connectivity index (χ1) is 11.1. The molecule has 3 aromatic rings. The van der Waals surface area contributed by atoms with Crippen molar-refractivity contribution < 1.29 is 0 Å². The third-order valence-corrected chi connectivity index (χ3v) is 5.23. The van der Waals surface area contributed by atoms with Crippen molar-refractivity contribution in [3.8, 4) is 10.6 Å². The Kier molecular flexibility index (Phi) is 3.75. The highest BCUT2D eigenvalue weighted by atomic mass is 35.5. The SMILES string of the molecule is Cc1cnn(C2CN(c3nnc(-c4cc(Cl)cc(Cl)c4)s3)C2)c1. The topological polar surface area (TPSA) is 46.8 Å². The fourth-order valence-electron chi connectivity index (χ4n) is 2.55. The summed E-state index contributed by atoms with van der Waals surface area (Å²) in [5.41, 5.74) is 2.07. The third kappa shape index (κ3) is 2.94. The van der Waals surface area contributed by atoms with E-state index in [1.165, 1.54) is 5.56 Å². The number of hydrogen-bond donors (Lipinski definition) is 0. The van der Waals surface area contributed by atoms with Crippen LogP contribution in [0.25, 0.3) is 10.6 Å². The zero-order valence-corrected chi connectivity index (χ0v) is 14.6. The molecule has 23 heavy (non-hydrogen) atoms. The molecule has 0 saturated carbocycles. The van der Waals surface area contributed by atoms with E-state index in [2.05, 4.69) is 26.4 Å². The normalized spacial score (nSPS) is 15.0. The van der Waals surface area contributed by atoms with Gasteiger partial charge >= 0.3 is 0 Å². The summed E-state index contributed by atoms with van der Waals surface area (Å²) in [5, 5.41) is 15.8. The lowest BCUT2D eigenvalue weighted by Gasteiger charge is -2.38. The van der Waals surface area contributed by atoms with Crippen LogP contribution < -0.4 is 4.90 Å². The van der Waals surface area contributed by atoms with Crippen LogP contribution in [0.1, 0.15) is 11.6 Å². The van der Waals surface area contributed by atoms with Gasteiger partial charge in [0.25, 0.3) is 0 Å². The van der Waals surface area contributed by atoms with Crippen LogP contribution in [0.5, 0.6) is 0 Å². The van der Waals surface area contributed by atoms with Crippen LogP contribution in [-0.2, 0) is 0 Å². The Morgan fingerprint density at radius 2 is 1.87 bits per heavy atom. The molecule has 3 heterocycles. The van der Waals surface area contributed by atoms with Crippen molar-refractivity contribution >= 4 is 39.7 Å². The molecule has 8 heteroatoms. The summed E-state index contributed by atoms with van der Waals surface area (Å²) in [7, 11) is 0. The first-order valence-electron chi connectivity index (χ1n) is 7.14. The lowest BCUT2D eigenvalue weighted by molar-refractivity contribution is 0.367. The summed E-state index contributed by atoms with van der Waals surface area (Å²) in [6.45, 7) is 3.84. The molecule has 0 radical (unpaired) electrons. The van der Waals surface area contributed by atoms with Gasteiger partial charge in [0.1, 0.15) is 5.01 Å². The van der Waals surface area contributed by atoms with Gasteiger partial charge < -0.3 is 4.90 Å². The molecule has 118 valence electrons. The van der Waals surface area contributed by atoms with Gasteiger partial charge in [-0.15, -0.1) is 10.2 Å².